The Bertz CT molecular complexity index is 1090. The Kier molecular flexibility index (Phi) is 6.41. The summed E-state index contributed by atoms with van der Waals surface area (Å²) in [5.41, 5.74) is 1.89. The van der Waals surface area contributed by atoms with Gasteiger partial charge in [-0.2, -0.15) is 5.10 Å². The Morgan fingerprint density at radius 1 is 1.10 bits per heavy atom. The number of nitrogens with one attached hydrogen (secondary N) is 2. The van der Waals surface area contributed by atoms with Gasteiger partial charge in [-0.25, -0.2) is 9.67 Å². The van der Waals surface area contributed by atoms with E-state index < -0.39 is 6.10 Å². The van der Waals surface area contributed by atoms with Gasteiger partial charge >= 0.3 is 0 Å². The fraction of sp³-hybridized carbons (Fsp3) is 0.217. The number of nitrogens with zero attached hydrogens (tertiary/aromatic N) is 3. The van der Waals surface area contributed by atoms with Gasteiger partial charge in [-0.15, -0.1) is 11.3 Å². The van der Waals surface area contributed by atoms with E-state index in [0.29, 0.717) is 19.0 Å². The highest BCUT2D eigenvalue weighted by atomic mass is 32.1. The second kappa shape index (κ2) is 9.56. The number of benzene rings is 2. The molecule has 0 amide bonds. The summed E-state index contributed by atoms with van der Waals surface area (Å²) in [6.45, 7) is 3.60. The van der Waals surface area contributed by atoms with Gasteiger partial charge in [0.25, 0.3) is 0 Å². The maximum atomic E-state index is 10.6. The maximum Gasteiger partial charge on any atom is 0.191 e. The number of aliphatic hydroxyl groups is 1. The van der Waals surface area contributed by atoms with Crippen molar-refractivity contribution in [1.29, 1.82) is 0 Å². The topological polar surface area (TPSA) is 74.5 Å². The number of aliphatic imine (C=N–C) groups is 1. The molecule has 6 nitrogen and oxygen atoms in total. The number of thiophene rings is 1. The van der Waals surface area contributed by atoms with Gasteiger partial charge in [0.15, 0.2) is 5.96 Å². The first-order valence-corrected chi connectivity index (χ1v) is 10.8. The van der Waals surface area contributed by atoms with Crippen molar-refractivity contribution in [2.24, 2.45) is 4.99 Å². The van der Waals surface area contributed by atoms with Crippen LogP contribution in [-0.4, -0.2) is 33.9 Å². The Hall–Kier alpha value is -3.16. The molecule has 0 saturated heterocycles. The molecule has 154 valence electrons. The van der Waals surface area contributed by atoms with Crippen LogP contribution in [0, 0.1) is 0 Å². The van der Waals surface area contributed by atoms with Crippen LogP contribution in [-0.2, 0) is 6.54 Å². The normalized spacial score (nSPS) is 12.8. The van der Waals surface area contributed by atoms with E-state index in [2.05, 4.69) is 32.9 Å². The fourth-order valence-electron chi connectivity index (χ4n) is 3.13. The average Bonchev–Trinajstić information content (AvgIpc) is 3.43. The minimum Gasteiger partial charge on any atom is -0.386 e. The predicted octanol–water partition coefficient (Wildman–Crippen LogP) is 3.88. The molecule has 4 rings (SSSR count). The lowest BCUT2D eigenvalue weighted by Crippen LogP contribution is -2.39. The van der Waals surface area contributed by atoms with Crippen molar-refractivity contribution in [3.8, 4) is 5.69 Å². The molecular formula is C23H25N5OS. The van der Waals surface area contributed by atoms with Crippen LogP contribution in [0.2, 0.25) is 0 Å². The molecule has 0 fully saturated rings. The minimum absolute atomic E-state index is 0.386. The standard InChI is InChI=1S/C23H25N5OS/c1-2-24-23(25-15-18-12-13-28(27-18)19-9-4-3-5-10-19)26-16-20(29)22-14-17-8-6-7-11-21(17)30-22/h3-14,20,29H,2,15-16H2,1H3,(H2,24,25,26). The monoisotopic (exact) mass is 419 g/mol. The Morgan fingerprint density at radius 2 is 1.90 bits per heavy atom. The van der Waals surface area contributed by atoms with E-state index in [4.69, 9.17) is 0 Å². The largest absolute Gasteiger partial charge is 0.386 e. The Morgan fingerprint density at radius 3 is 2.70 bits per heavy atom. The molecular weight excluding hydrogens is 394 g/mol. The molecule has 0 aliphatic rings. The second-order valence-electron chi connectivity index (χ2n) is 6.87. The van der Waals surface area contributed by atoms with Gasteiger partial charge in [0, 0.05) is 28.9 Å². The summed E-state index contributed by atoms with van der Waals surface area (Å²) in [6, 6.07) is 22.2. The van der Waals surface area contributed by atoms with Crippen LogP contribution in [0.4, 0.5) is 0 Å². The highest BCUT2D eigenvalue weighted by molar-refractivity contribution is 7.19. The van der Waals surface area contributed by atoms with E-state index in [1.54, 1.807) is 11.3 Å². The van der Waals surface area contributed by atoms with Gasteiger partial charge in [0.2, 0.25) is 0 Å². The summed E-state index contributed by atoms with van der Waals surface area (Å²) in [4.78, 5) is 5.56. The van der Waals surface area contributed by atoms with Crippen molar-refractivity contribution in [2.45, 2.75) is 19.6 Å². The third-order valence-corrected chi connectivity index (χ3v) is 5.86. The molecule has 0 aliphatic carbocycles. The van der Waals surface area contributed by atoms with E-state index >= 15 is 0 Å². The van der Waals surface area contributed by atoms with Crippen molar-refractivity contribution < 1.29 is 5.11 Å². The molecule has 0 bridgehead atoms. The lowest BCUT2D eigenvalue weighted by molar-refractivity contribution is 0.184. The number of guanidine groups is 1. The van der Waals surface area contributed by atoms with Crippen LogP contribution < -0.4 is 10.6 Å². The molecule has 2 aromatic carbocycles. The number of para-hydroxylation sites is 1. The number of rotatable bonds is 7. The van der Waals surface area contributed by atoms with Crippen LogP contribution in [0.1, 0.15) is 23.6 Å². The molecule has 7 heteroatoms. The smallest absolute Gasteiger partial charge is 0.191 e. The first-order valence-electron chi connectivity index (χ1n) is 10.0. The zero-order chi connectivity index (χ0) is 20.8. The van der Waals surface area contributed by atoms with Gasteiger partial charge in [0.05, 0.1) is 17.9 Å². The van der Waals surface area contributed by atoms with Crippen LogP contribution in [0.3, 0.4) is 0 Å². The molecule has 0 saturated carbocycles. The first kappa shape index (κ1) is 20.1. The molecule has 1 atom stereocenters. The van der Waals surface area contributed by atoms with Crippen LogP contribution in [0.15, 0.2) is 77.9 Å². The average molecular weight is 420 g/mol. The summed E-state index contributed by atoms with van der Waals surface area (Å²) < 4.78 is 3.03. The number of hydrogen-bond acceptors (Lipinski definition) is 4. The third kappa shape index (κ3) is 4.87. The maximum absolute atomic E-state index is 10.6. The van der Waals surface area contributed by atoms with Gasteiger partial charge < -0.3 is 15.7 Å². The molecule has 4 aromatic rings. The lowest BCUT2D eigenvalue weighted by atomic mass is 10.2. The van der Waals surface area contributed by atoms with Gasteiger partial charge in [-0.05, 0) is 42.6 Å². The molecule has 0 spiro atoms. The molecule has 30 heavy (non-hydrogen) atoms. The number of fused-ring (bicyclic) bond motifs is 1. The summed E-state index contributed by atoms with van der Waals surface area (Å²) in [7, 11) is 0. The summed E-state index contributed by atoms with van der Waals surface area (Å²) >= 11 is 1.62. The molecule has 2 heterocycles. The van der Waals surface area contributed by atoms with Crippen LogP contribution >= 0.6 is 11.3 Å². The van der Waals surface area contributed by atoms with Crippen molar-refractivity contribution in [3.63, 3.8) is 0 Å². The lowest BCUT2D eigenvalue weighted by Gasteiger charge is -2.14. The van der Waals surface area contributed by atoms with E-state index in [1.807, 2.05) is 72.4 Å². The van der Waals surface area contributed by atoms with Crippen molar-refractivity contribution in [2.75, 3.05) is 13.1 Å². The molecule has 3 N–H and O–H groups in total. The molecule has 0 aliphatic heterocycles. The predicted molar refractivity (Wildman–Crippen MR) is 123 cm³/mol. The molecule has 2 aromatic heterocycles. The highest BCUT2D eigenvalue weighted by Gasteiger charge is 2.12. The Labute approximate surface area is 179 Å². The van der Waals surface area contributed by atoms with Crippen molar-refractivity contribution in [1.82, 2.24) is 20.4 Å². The van der Waals surface area contributed by atoms with E-state index in [0.717, 1.165) is 28.2 Å². The van der Waals surface area contributed by atoms with Gasteiger partial charge in [-0.3, -0.25) is 0 Å². The summed E-state index contributed by atoms with van der Waals surface area (Å²) in [5, 5.41) is 22.8. The Balaban J connectivity index is 1.38. The second-order valence-corrected chi connectivity index (χ2v) is 7.98. The molecule has 0 radical (unpaired) electrons. The fourth-order valence-corrected chi connectivity index (χ4v) is 4.18. The van der Waals surface area contributed by atoms with E-state index in [1.165, 1.54) is 4.70 Å². The minimum atomic E-state index is -0.594. The third-order valence-electron chi connectivity index (χ3n) is 4.64. The first-order chi connectivity index (χ1) is 14.7. The zero-order valence-corrected chi connectivity index (χ0v) is 17.6. The van der Waals surface area contributed by atoms with Crippen molar-refractivity contribution in [3.05, 3.63) is 83.5 Å². The van der Waals surface area contributed by atoms with Crippen molar-refractivity contribution >= 4 is 27.4 Å². The van der Waals surface area contributed by atoms with Gasteiger partial charge in [-0.1, -0.05) is 36.4 Å². The molecule has 1 unspecified atom stereocenters. The zero-order valence-electron chi connectivity index (χ0n) is 16.8. The highest BCUT2D eigenvalue weighted by Crippen LogP contribution is 2.29. The summed E-state index contributed by atoms with van der Waals surface area (Å²) in [6.07, 6.45) is 1.34. The quantitative estimate of drug-likeness (QED) is 0.314. The van der Waals surface area contributed by atoms with E-state index in [9.17, 15) is 5.11 Å². The number of aliphatic hydroxyl groups excluding tert-OH is 1. The van der Waals surface area contributed by atoms with Gasteiger partial charge in [0.1, 0.15) is 6.10 Å². The van der Waals surface area contributed by atoms with Crippen LogP contribution in [0.5, 0.6) is 0 Å². The summed E-state index contributed by atoms with van der Waals surface area (Å²) in [5.74, 6) is 0.659. The number of aromatic nitrogens is 2. The number of hydrogen-bond donors (Lipinski definition) is 3. The van der Waals surface area contributed by atoms with Crippen LogP contribution in [0.25, 0.3) is 15.8 Å². The van der Waals surface area contributed by atoms with E-state index in [-0.39, 0.29) is 0 Å². The SMILES string of the molecule is CCNC(=NCc1ccn(-c2ccccc2)n1)NCC(O)c1cc2ccccc2s1.